The Kier molecular flexibility index (Phi) is 3.08. The number of hydrogen-bond donors (Lipinski definition) is 1. The Bertz CT molecular complexity index is 520. The summed E-state index contributed by atoms with van der Waals surface area (Å²) in [4.78, 5) is 4.26. The summed E-state index contributed by atoms with van der Waals surface area (Å²) < 4.78 is 1.86. The van der Waals surface area contributed by atoms with Crippen molar-refractivity contribution >= 4 is 29.0 Å². The smallest absolute Gasteiger partial charge is 0.131 e. The maximum Gasteiger partial charge on any atom is 0.131 e. The highest BCUT2D eigenvalue weighted by atomic mass is 35.5. The van der Waals surface area contributed by atoms with Gasteiger partial charge in [0.25, 0.3) is 0 Å². The molecule has 2 rings (SSSR count). The number of imidazole rings is 1. The molecule has 3 nitrogen and oxygen atoms in total. The fourth-order valence-electron chi connectivity index (χ4n) is 1.53. The molecule has 1 aromatic carbocycles. The Labute approximate surface area is 104 Å². The predicted octanol–water partition coefficient (Wildman–Crippen LogP) is 3.46. The normalized spacial score (nSPS) is 10.7. The van der Waals surface area contributed by atoms with E-state index in [0.717, 1.165) is 12.1 Å². The molecule has 1 aromatic heterocycles. The van der Waals surface area contributed by atoms with E-state index in [0.29, 0.717) is 21.6 Å². The molecule has 0 aliphatic carbocycles. The third kappa shape index (κ3) is 1.88. The van der Waals surface area contributed by atoms with E-state index in [-0.39, 0.29) is 0 Å². The molecule has 84 valence electrons. The van der Waals surface area contributed by atoms with E-state index in [1.54, 1.807) is 18.5 Å². The number of benzene rings is 1. The van der Waals surface area contributed by atoms with Crippen molar-refractivity contribution in [1.29, 1.82) is 0 Å². The molecule has 0 radical (unpaired) electrons. The van der Waals surface area contributed by atoms with Gasteiger partial charge >= 0.3 is 0 Å². The maximum absolute atomic E-state index is 6.10. The SMILES string of the molecule is CCn1cnc(-c2ccc(Cl)cc2Cl)c1N. The molecule has 2 N–H and O–H groups in total. The quantitative estimate of drug-likeness (QED) is 0.894. The Morgan fingerprint density at radius 2 is 2.12 bits per heavy atom. The van der Waals surface area contributed by atoms with Crippen molar-refractivity contribution in [2.45, 2.75) is 13.5 Å². The first-order valence-corrected chi connectivity index (χ1v) is 5.65. The van der Waals surface area contributed by atoms with Crippen molar-refractivity contribution in [1.82, 2.24) is 9.55 Å². The predicted molar refractivity (Wildman–Crippen MR) is 67.8 cm³/mol. The number of nitrogens with zero attached hydrogens (tertiary/aromatic N) is 2. The van der Waals surface area contributed by atoms with E-state index >= 15 is 0 Å². The molecule has 2 aromatic rings. The Morgan fingerprint density at radius 3 is 2.69 bits per heavy atom. The van der Waals surface area contributed by atoms with Crippen molar-refractivity contribution in [3.05, 3.63) is 34.6 Å². The summed E-state index contributed by atoms with van der Waals surface area (Å²) in [5.41, 5.74) is 7.46. The molecule has 0 aliphatic rings. The van der Waals surface area contributed by atoms with Gasteiger partial charge < -0.3 is 10.3 Å². The van der Waals surface area contributed by atoms with Crippen LogP contribution in [0, 0.1) is 0 Å². The molecular formula is C11H11Cl2N3. The third-order valence-corrected chi connectivity index (χ3v) is 2.95. The number of nitrogens with two attached hydrogens (primary N) is 1. The van der Waals surface area contributed by atoms with E-state index in [9.17, 15) is 0 Å². The first-order chi connectivity index (χ1) is 7.63. The summed E-state index contributed by atoms with van der Waals surface area (Å²) in [6.45, 7) is 2.79. The molecule has 0 saturated carbocycles. The highest BCUT2D eigenvalue weighted by Crippen LogP contribution is 2.32. The zero-order valence-corrected chi connectivity index (χ0v) is 10.3. The summed E-state index contributed by atoms with van der Waals surface area (Å²) in [6.07, 6.45) is 1.70. The molecule has 0 atom stereocenters. The molecule has 0 amide bonds. The molecule has 0 fully saturated rings. The van der Waals surface area contributed by atoms with E-state index < -0.39 is 0 Å². The van der Waals surface area contributed by atoms with E-state index in [2.05, 4.69) is 4.98 Å². The zero-order chi connectivity index (χ0) is 11.7. The number of nitrogen functional groups attached to an aromatic ring is 1. The minimum Gasteiger partial charge on any atom is -0.383 e. The van der Waals surface area contributed by atoms with E-state index in [1.165, 1.54) is 0 Å². The Balaban J connectivity index is 2.54. The van der Waals surface area contributed by atoms with Crippen molar-refractivity contribution in [2.75, 3.05) is 5.73 Å². The van der Waals surface area contributed by atoms with Crippen LogP contribution in [0.25, 0.3) is 11.3 Å². The van der Waals surface area contributed by atoms with Crippen molar-refractivity contribution in [3.63, 3.8) is 0 Å². The topological polar surface area (TPSA) is 43.8 Å². The van der Waals surface area contributed by atoms with Crippen LogP contribution in [0.4, 0.5) is 5.82 Å². The highest BCUT2D eigenvalue weighted by molar-refractivity contribution is 6.36. The second-order valence-electron chi connectivity index (χ2n) is 3.39. The minimum absolute atomic E-state index is 0.556. The van der Waals surface area contributed by atoms with Gasteiger partial charge in [0.05, 0.1) is 11.3 Å². The molecule has 1 heterocycles. The lowest BCUT2D eigenvalue weighted by Gasteiger charge is -2.04. The minimum atomic E-state index is 0.556. The Hall–Kier alpha value is -1.19. The second-order valence-corrected chi connectivity index (χ2v) is 4.23. The van der Waals surface area contributed by atoms with Gasteiger partial charge in [0.1, 0.15) is 11.5 Å². The van der Waals surface area contributed by atoms with Gasteiger partial charge in [-0.1, -0.05) is 23.2 Å². The van der Waals surface area contributed by atoms with Gasteiger partial charge in [-0.05, 0) is 25.1 Å². The summed E-state index contributed by atoms with van der Waals surface area (Å²) in [6, 6.07) is 5.28. The van der Waals surface area contributed by atoms with Crippen LogP contribution in [0.15, 0.2) is 24.5 Å². The van der Waals surface area contributed by atoms with E-state index in [4.69, 9.17) is 28.9 Å². The fraction of sp³-hybridized carbons (Fsp3) is 0.182. The van der Waals surface area contributed by atoms with Crippen LogP contribution >= 0.6 is 23.2 Å². The number of aromatic nitrogens is 2. The number of rotatable bonds is 2. The molecule has 5 heteroatoms. The lowest BCUT2D eigenvalue weighted by Crippen LogP contribution is -1.99. The molecule has 0 spiro atoms. The molecule has 0 aliphatic heterocycles. The lowest BCUT2D eigenvalue weighted by molar-refractivity contribution is 0.771. The van der Waals surface area contributed by atoms with Crippen LogP contribution in [0.5, 0.6) is 0 Å². The largest absolute Gasteiger partial charge is 0.383 e. The summed E-state index contributed by atoms with van der Waals surface area (Å²) >= 11 is 11.9. The van der Waals surface area contributed by atoms with Gasteiger partial charge in [-0.15, -0.1) is 0 Å². The maximum atomic E-state index is 6.10. The van der Waals surface area contributed by atoms with E-state index in [1.807, 2.05) is 17.6 Å². The van der Waals surface area contributed by atoms with Crippen molar-refractivity contribution < 1.29 is 0 Å². The third-order valence-electron chi connectivity index (χ3n) is 2.41. The molecular weight excluding hydrogens is 245 g/mol. The number of halogens is 2. The highest BCUT2D eigenvalue weighted by Gasteiger charge is 2.12. The first-order valence-electron chi connectivity index (χ1n) is 4.89. The van der Waals surface area contributed by atoms with Crippen molar-refractivity contribution in [2.24, 2.45) is 0 Å². The molecule has 0 saturated heterocycles. The lowest BCUT2D eigenvalue weighted by atomic mass is 10.1. The van der Waals surface area contributed by atoms with Crippen LogP contribution in [-0.4, -0.2) is 9.55 Å². The van der Waals surface area contributed by atoms with Crippen LogP contribution in [-0.2, 0) is 6.54 Å². The molecule has 0 unspecified atom stereocenters. The average molecular weight is 256 g/mol. The standard InChI is InChI=1S/C11H11Cl2N3/c1-2-16-6-15-10(11(16)14)8-4-3-7(12)5-9(8)13/h3-6H,2,14H2,1H3. The first kappa shape index (κ1) is 11.3. The van der Waals surface area contributed by atoms with Crippen LogP contribution in [0.3, 0.4) is 0 Å². The van der Waals surface area contributed by atoms with Gasteiger partial charge in [0.2, 0.25) is 0 Å². The van der Waals surface area contributed by atoms with Gasteiger partial charge in [-0.2, -0.15) is 0 Å². The Morgan fingerprint density at radius 1 is 1.38 bits per heavy atom. The monoisotopic (exact) mass is 255 g/mol. The summed E-state index contributed by atoms with van der Waals surface area (Å²) in [5, 5.41) is 1.16. The van der Waals surface area contributed by atoms with Gasteiger partial charge in [-0.3, -0.25) is 0 Å². The van der Waals surface area contributed by atoms with Crippen LogP contribution in [0.2, 0.25) is 10.0 Å². The van der Waals surface area contributed by atoms with Crippen LogP contribution in [0.1, 0.15) is 6.92 Å². The molecule has 16 heavy (non-hydrogen) atoms. The van der Waals surface area contributed by atoms with Gasteiger partial charge in [-0.25, -0.2) is 4.98 Å². The van der Waals surface area contributed by atoms with Crippen LogP contribution < -0.4 is 5.73 Å². The molecule has 0 bridgehead atoms. The fourth-order valence-corrected chi connectivity index (χ4v) is 2.03. The van der Waals surface area contributed by atoms with Gasteiger partial charge in [0.15, 0.2) is 0 Å². The summed E-state index contributed by atoms with van der Waals surface area (Å²) in [7, 11) is 0. The summed E-state index contributed by atoms with van der Waals surface area (Å²) in [5.74, 6) is 0.617. The zero-order valence-electron chi connectivity index (χ0n) is 8.74. The number of aryl methyl sites for hydroxylation is 1. The number of hydrogen-bond acceptors (Lipinski definition) is 2. The van der Waals surface area contributed by atoms with Crippen molar-refractivity contribution in [3.8, 4) is 11.3 Å². The average Bonchev–Trinajstić information content (AvgIpc) is 2.60. The second kappa shape index (κ2) is 4.36. The van der Waals surface area contributed by atoms with Gasteiger partial charge in [0, 0.05) is 17.1 Å². The number of anilines is 1.